The normalized spacial score (nSPS) is 22.3. The van der Waals surface area contributed by atoms with E-state index in [4.69, 9.17) is 19.7 Å². The van der Waals surface area contributed by atoms with Crippen molar-refractivity contribution in [3.05, 3.63) is 40.8 Å². The Labute approximate surface area is 198 Å². The van der Waals surface area contributed by atoms with Crippen LogP contribution in [0.5, 0.6) is 5.75 Å². The van der Waals surface area contributed by atoms with Crippen LogP contribution in [0, 0.1) is 5.41 Å². The van der Waals surface area contributed by atoms with Gasteiger partial charge in [0.25, 0.3) is 0 Å². The minimum absolute atomic E-state index is 0.134. The predicted molar refractivity (Wildman–Crippen MR) is 122 cm³/mol. The third kappa shape index (κ3) is 6.61. The molecule has 34 heavy (non-hydrogen) atoms. The highest BCUT2D eigenvalue weighted by Gasteiger charge is 2.67. The molecular weight excluding hydrogens is 442 g/mol. The average Bonchev–Trinajstić information content (AvgIpc) is 3.44. The first-order valence-electron chi connectivity index (χ1n) is 11.5. The summed E-state index contributed by atoms with van der Waals surface area (Å²) >= 11 is 0. The third-order valence-electron chi connectivity index (χ3n) is 6.05. The summed E-state index contributed by atoms with van der Waals surface area (Å²) in [7, 11) is 0. The molecule has 11 heteroatoms. The van der Waals surface area contributed by atoms with Gasteiger partial charge in [0.1, 0.15) is 11.8 Å². The van der Waals surface area contributed by atoms with Crippen LogP contribution in [-0.4, -0.2) is 74.3 Å². The van der Waals surface area contributed by atoms with Gasteiger partial charge >= 0.3 is 5.97 Å². The molecule has 1 aromatic rings. The van der Waals surface area contributed by atoms with E-state index in [1.807, 2.05) is 30.3 Å². The van der Waals surface area contributed by atoms with E-state index in [2.05, 4.69) is 15.3 Å². The molecule has 1 heterocycles. The van der Waals surface area contributed by atoms with Gasteiger partial charge in [0.05, 0.1) is 33.0 Å². The molecule has 184 valence electrons. The number of esters is 1. The predicted octanol–water partition coefficient (Wildman–Crippen LogP) is 2.21. The van der Waals surface area contributed by atoms with Crippen molar-refractivity contribution >= 4 is 17.8 Å². The summed E-state index contributed by atoms with van der Waals surface area (Å²) in [5.41, 5.74) is 8.04. The molecular formula is C23H31N5O6. The fraction of sp³-hybridized carbons (Fsp3) is 0.609. The van der Waals surface area contributed by atoms with E-state index in [0.29, 0.717) is 26.1 Å². The Kier molecular flexibility index (Phi) is 9.12. The maximum atomic E-state index is 13.0. The van der Waals surface area contributed by atoms with Gasteiger partial charge < -0.3 is 24.4 Å². The van der Waals surface area contributed by atoms with Crippen LogP contribution in [0.15, 0.2) is 35.4 Å². The van der Waals surface area contributed by atoms with Crippen molar-refractivity contribution in [2.45, 2.75) is 44.7 Å². The van der Waals surface area contributed by atoms with E-state index in [-0.39, 0.29) is 56.0 Å². The fourth-order valence-electron chi connectivity index (χ4n) is 4.36. The Morgan fingerprint density at radius 3 is 2.76 bits per heavy atom. The molecule has 1 saturated heterocycles. The number of likely N-dealkylation sites (tertiary alicyclic amines) is 1. The maximum Gasteiger partial charge on any atom is 0.328 e. The van der Waals surface area contributed by atoms with Crippen LogP contribution in [0.25, 0.3) is 10.4 Å². The summed E-state index contributed by atoms with van der Waals surface area (Å²) in [6.45, 7) is 3.02. The Morgan fingerprint density at radius 1 is 1.24 bits per heavy atom. The Morgan fingerprint density at radius 2 is 2.03 bits per heavy atom. The molecule has 3 rings (SSSR count). The highest BCUT2D eigenvalue weighted by molar-refractivity contribution is 5.90. The molecule has 1 saturated carbocycles. The number of fused-ring (bicyclic) bond motifs is 1. The topological polar surface area (TPSA) is 143 Å². The van der Waals surface area contributed by atoms with E-state index in [0.717, 1.165) is 12.2 Å². The van der Waals surface area contributed by atoms with Gasteiger partial charge in [-0.25, -0.2) is 4.79 Å². The van der Waals surface area contributed by atoms with Gasteiger partial charge in [0.2, 0.25) is 11.8 Å². The number of rotatable bonds is 14. The lowest BCUT2D eigenvalue weighted by Crippen LogP contribution is -2.48. The quantitative estimate of drug-likeness (QED) is 0.144. The van der Waals surface area contributed by atoms with E-state index < -0.39 is 12.0 Å². The van der Waals surface area contributed by atoms with Crippen LogP contribution in [-0.2, 0) is 23.9 Å². The van der Waals surface area contributed by atoms with E-state index in [1.54, 1.807) is 11.8 Å². The lowest BCUT2D eigenvalue weighted by atomic mass is 10.0. The second-order valence-electron chi connectivity index (χ2n) is 8.40. The van der Waals surface area contributed by atoms with Crippen LogP contribution < -0.4 is 10.1 Å². The lowest BCUT2D eigenvalue weighted by molar-refractivity contribution is -0.154. The van der Waals surface area contributed by atoms with Crippen LogP contribution >= 0.6 is 0 Å². The van der Waals surface area contributed by atoms with Crippen molar-refractivity contribution in [3.8, 4) is 5.75 Å². The van der Waals surface area contributed by atoms with E-state index >= 15 is 0 Å². The molecule has 3 atom stereocenters. The van der Waals surface area contributed by atoms with Crippen molar-refractivity contribution in [2.75, 3.05) is 39.5 Å². The molecule has 0 bridgehead atoms. The zero-order chi connectivity index (χ0) is 24.4. The fourth-order valence-corrected chi connectivity index (χ4v) is 4.36. The molecule has 1 aliphatic heterocycles. The number of hydrogen-bond donors (Lipinski definition) is 1. The molecule has 2 fully saturated rings. The van der Waals surface area contributed by atoms with Crippen LogP contribution in [0.3, 0.4) is 0 Å². The molecule has 0 unspecified atom stereocenters. The summed E-state index contributed by atoms with van der Waals surface area (Å²) < 4.78 is 16.4. The average molecular weight is 474 g/mol. The number of hydrogen-bond acceptors (Lipinski definition) is 7. The number of para-hydroxylation sites is 1. The molecule has 0 spiro atoms. The summed E-state index contributed by atoms with van der Waals surface area (Å²) in [6, 6.07) is 8.51. The summed E-state index contributed by atoms with van der Waals surface area (Å²) in [4.78, 5) is 41.9. The first-order valence-corrected chi connectivity index (χ1v) is 11.5. The van der Waals surface area contributed by atoms with Crippen molar-refractivity contribution in [3.63, 3.8) is 0 Å². The number of carbonyl (C=O) groups excluding carboxylic acids is 3. The van der Waals surface area contributed by atoms with Gasteiger partial charge in [0, 0.05) is 29.3 Å². The number of ether oxygens (including phenoxy) is 3. The number of piperidine rings is 1. The summed E-state index contributed by atoms with van der Waals surface area (Å²) in [5.74, 6) is -0.265. The standard InChI is InChI=1S/C23H31N5O6/c1-2-33-22(31)18-13-23(16-32-12-10-26-27-24)14-19(23)28(18)21(30)15-25-20(29)9-6-11-34-17-7-4-3-5-8-17/h3-5,7-8,18-19H,2,6,9-16H2,1H3,(H,25,29)/t18-,19-,23+/m0/s1. The number of nitrogens with one attached hydrogen (secondary N) is 1. The first kappa shape index (κ1) is 25.3. The van der Waals surface area contributed by atoms with Gasteiger partial charge in [-0.05, 0) is 43.9 Å². The Balaban J connectivity index is 1.45. The number of nitrogens with zero attached hydrogens (tertiary/aromatic N) is 4. The van der Waals surface area contributed by atoms with Crippen LogP contribution in [0.4, 0.5) is 0 Å². The van der Waals surface area contributed by atoms with Gasteiger partial charge in [-0.1, -0.05) is 23.3 Å². The van der Waals surface area contributed by atoms with Crippen LogP contribution in [0.2, 0.25) is 0 Å². The van der Waals surface area contributed by atoms with Crippen molar-refractivity contribution in [1.82, 2.24) is 10.2 Å². The smallest absolute Gasteiger partial charge is 0.328 e. The van der Waals surface area contributed by atoms with Gasteiger partial charge in [0.15, 0.2) is 0 Å². The Bertz CT molecular complexity index is 906. The van der Waals surface area contributed by atoms with E-state index in [9.17, 15) is 14.4 Å². The van der Waals surface area contributed by atoms with E-state index in [1.165, 1.54) is 0 Å². The third-order valence-corrected chi connectivity index (χ3v) is 6.05. The molecule has 1 aliphatic carbocycles. The molecule has 0 radical (unpaired) electrons. The van der Waals surface area contributed by atoms with Crippen molar-refractivity contribution < 1.29 is 28.6 Å². The largest absolute Gasteiger partial charge is 0.494 e. The summed E-state index contributed by atoms with van der Waals surface area (Å²) in [6.07, 6.45) is 1.92. The first-order chi connectivity index (χ1) is 16.5. The highest BCUT2D eigenvalue weighted by Crippen LogP contribution is 2.59. The molecule has 1 N–H and O–H groups in total. The Hall–Kier alpha value is -3.30. The monoisotopic (exact) mass is 473 g/mol. The lowest BCUT2D eigenvalue weighted by Gasteiger charge is -2.26. The zero-order valence-electron chi connectivity index (χ0n) is 19.4. The number of amides is 2. The molecule has 11 nitrogen and oxygen atoms in total. The molecule has 1 aromatic carbocycles. The molecule has 2 aliphatic rings. The summed E-state index contributed by atoms with van der Waals surface area (Å²) in [5, 5.41) is 6.09. The van der Waals surface area contributed by atoms with Gasteiger partial charge in [-0.2, -0.15) is 0 Å². The minimum Gasteiger partial charge on any atom is -0.494 e. The minimum atomic E-state index is -0.692. The SMILES string of the molecule is CCOC(=O)[C@@H]1C[C@]2(COCCN=[N+]=[N-])C[C@@H]2N1C(=O)CNC(=O)CCCOc1ccccc1. The second kappa shape index (κ2) is 12.2. The number of benzene rings is 1. The zero-order valence-corrected chi connectivity index (χ0v) is 19.4. The second-order valence-corrected chi connectivity index (χ2v) is 8.40. The van der Waals surface area contributed by atoms with Crippen molar-refractivity contribution in [2.24, 2.45) is 10.5 Å². The number of carbonyl (C=O) groups is 3. The molecule has 0 aromatic heterocycles. The highest BCUT2D eigenvalue weighted by atomic mass is 16.5. The molecule has 2 amide bonds. The van der Waals surface area contributed by atoms with Crippen molar-refractivity contribution in [1.29, 1.82) is 0 Å². The maximum absolute atomic E-state index is 13.0. The van der Waals surface area contributed by atoms with Gasteiger partial charge in [-0.3, -0.25) is 9.59 Å². The van der Waals surface area contributed by atoms with Gasteiger partial charge in [-0.15, -0.1) is 0 Å². The van der Waals surface area contributed by atoms with Crippen LogP contribution in [0.1, 0.15) is 32.6 Å². The number of azide groups is 1.